The molecule has 1 fully saturated rings. The topological polar surface area (TPSA) is 64.4 Å². The number of benzene rings is 1. The molecular formula is C16H24N2O3. The van der Waals surface area contributed by atoms with Crippen LogP contribution in [0.1, 0.15) is 45.7 Å². The van der Waals surface area contributed by atoms with Crippen LogP contribution in [0.2, 0.25) is 0 Å². The predicted molar refractivity (Wildman–Crippen MR) is 82.2 cm³/mol. The largest absolute Gasteiger partial charge is 0.378 e. The van der Waals surface area contributed by atoms with Crippen molar-refractivity contribution in [1.82, 2.24) is 5.32 Å². The molecule has 2 rings (SSSR count). The first-order valence-corrected chi connectivity index (χ1v) is 7.48. The molecule has 3 atom stereocenters. The van der Waals surface area contributed by atoms with Gasteiger partial charge in [0, 0.05) is 36.2 Å². The van der Waals surface area contributed by atoms with Gasteiger partial charge in [0.25, 0.3) is 5.69 Å². The molecule has 1 N–H and O–H groups in total. The fourth-order valence-corrected chi connectivity index (χ4v) is 2.96. The van der Waals surface area contributed by atoms with Crippen LogP contribution >= 0.6 is 0 Å². The summed E-state index contributed by atoms with van der Waals surface area (Å²) >= 11 is 0. The van der Waals surface area contributed by atoms with E-state index in [1.54, 1.807) is 12.1 Å². The van der Waals surface area contributed by atoms with Crippen molar-refractivity contribution in [3.05, 3.63) is 39.9 Å². The molecule has 0 bridgehead atoms. The zero-order chi connectivity index (χ0) is 15.6. The van der Waals surface area contributed by atoms with E-state index in [4.69, 9.17) is 4.74 Å². The Morgan fingerprint density at radius 2 is 2.24 bits per heavy atom. The molecule has 0 radical (unpaired) electrons. The minimum absolute atomic E-state index is 0.0803. The first-order valence-electron chi connectivity index (χ1n) is 7.48. The molecular weight excluding hydrogens is 268 g/mol. The number of ether oxygens (including phenoxy) is 1. The van der Waals surface area contributed by atoms with Crippen molar-refractivity contribution < 1.29 is 9.66 Å². The van der Waals surface area contributed by atoms with E-state index in [1.807, 2.05) is 19.9 Å². The summed E-state index contributed by atoms with van der Waals surface area (Å²) in [7, 11) is 0. The van der Waals surface area contributed by atoms with Crippen molar-refractivity contribution >= 4 is 5.69 Å². The number of hydrogen-bond donors (Lipinski definition) is 1. The lowest BCUT2D eigenvalue weighted by Crippen LogP contribution is -2.61. The number of hydrogen-bond acceptors (Lipinski definition) is 4. The highest BCUT2D eigenvalue weighted by atomic mass is 16.6. The van der Waals surface area contributed by atoms with Gasteiger partial charge in [-0.25, -0.2) is 0 Å². The van der Waals surface area contributed by atoms with Gasteiger partial charge in [-0.05, 0) is 25.8 Å². The van der Waals surface area contributed by atoms with E-state index in [0.29, 0.717) is 6.04 Å². The van der Waals surface area contributed by atoms with Crippen LogP contribution in [0.25, 0.3) is 0 Å². The van der Waals surface area contributed by atoms with Crippen molar-refractivity contribution in [2.24, 2.45) is 5.41 Å². The van der Waals surface area contributed by atoms with E-state index in [0.717, 1.165) is 18.6 Å². The Hall–Kier alpha value is -1.46. The minimum atomic E-state index is -0.353. The smallest absolute Gasteiger partial charge is 0.269 e. The summed E-state index contributed by atoms with van der Waals surface area (Å²) in [6.07, 6.45) is 1.28. The number of rotatable bonds is 6. The summed E-state index contributed by atoms with van der Waals surface area (Å²) in [6.45, 7) is 9.20. The fraction of sp³-hybridized carbons (Fsp3) is 0.625. The third kappa shape index (κ3) is 3.24. The zero-order valence-corrected chi connectivity index (χ0v) is 13.1. The van der Waals surface area contributed by atoms with E-state index in [9.17, 15) is 10.1 Å². The molecule has 0 amide bonds. The number of nitro groups is 1. The van der Waals surface area contributed by atoms with Crippen LogP contribution in [0, 0.1) is 15.5 Å². The molecule has 116 valence electrons. The van der Waals surface area contributed by atoms with E-state index in [-0.39, 0.29) is 28.2 Å². The lowest BCUT2D eigenvalue weighted by Gasteiger charge is -2.52. The van der Waals surface area contributed by atoms with Crippen LogP contribution in [-0.4, -0.2) is 23.7 Å². The summed E-state index contributed by atoms with van der Waals surface area (Å²) in [4.78, 5) is 10.5. The fourth-order valence-electron chi connectivity index (χ4n) is 2.96. The highest BCUT2D eigenvalue weighted by molar-refractivity contribution is 5.35. The molecule has 5 nitrogen and oxygen atoms in total. The first-order chi connectivity index (χ1) is 9.86. The van der Waals surface area contributed by atoms with Crippen LogP contribution in [0.5, 0.6) is 0 Å². The summed E-state index contributed by atoms with van der Waals surface area (Å²) in [5.74, 6) is 0. The van der Waals surface area contributed by atoms with Gasteiger partial charge in [0.1, 0.15) is 0 Å². The van der Waals surface area contributed by atoms with E-state index < -0.39 is 0 Å². The Bertz CT molecular complexity index is 516. The maximum Gasteiger partial charge on any atom is 0.269 e. The van der Waals surface area contributed by atoms with Crippen molar-refractivity contribution in [3.63, 3.8) is 0 Å². The zero-order valence-electron chi connectivity index (χ0n) is 13.1. The Labute approximate surface area is 125 Å². The Balaban J connectivity index is 2.01. The van der Waals surface area contributed by atoms with Gasteiger partial charge in [-0.15, -0.1) is 0 Å². The minimum Gasteiger partial charge on any atom is -0.378 e. The average molecular weight is 292 g/mol. The van der Waals surface area contributed by atoms with E-state index in [1.165, 1.54) is 6.07 Å². The highest BCUT2D eigenvalue weighted by Gasteiger charge is 2.49. The van der Waals surface area contributed by atoms with Gasteiger partial charge in [0.2, 0.25) is 0 Å². The number of non-ortho nitro benzene ring substituents is 1. The van der Waals surface area contributed by atoms with Crippen molar-refractivity contribution in [3.8, 4) is 0 Å². The number of nitrogens with one attached hydrogen (secondary N) is 1. The van der Waals surface area contributed by atoms with E-state index >= 15 is 0 Å². The summed E-state index contributed by atoms with van der Waals surface area (Å²) < 4.78 is 5.73. The Kier molecular flexibility index (Phi) is 4.64. The molecule has 5 heteroatoms. The number of nitro benzene ring substituents is 1. The molecule has 3 unspecified atom stereocenters. The normalized spacial score (nSPS) is 25.1. The van der Waals surface area contributed by atoms with Crippen LogP contribution in [0.4, 0.5) is 5.69 Å². The second-order valence-electron chi connectivity index (χ2n) is 6.29. The molecule has 1 aliphatic carbocycles. The summed E-state index contributed by atoms with van der Waals surface area (Å²) in [5, 5.41) is 14.4. The second kappa shape index (κ2) is 6.12. The second-order valence-corrected chi connectivity index (χ2v) is 6.29. The molecule has 0 heterocycles. The standard InChI is InChI=1S/C16H24N2O3/c1-5-21-15-10-14(16(15,3)4)17-11(2)12-7-6-8-13(9-12)18(19)20/h6-9,11,14-15,17H,5,10H2,1-4H3. The van der Waals surface area contributed by atoms with Crippen molar-refractivity contribution in [2.75, 3.05) is 6.61 Å². The quantitative estimate of drug-likeness (QED) is 0.644. The average Bonchev–Trinajstić information content (AvgIpc) is 2.46. The van der Waals surface area contributed by atoms with Crippen LogP contribution in [-0.2, 0) is 4.74 Å². The van der Waals surface area contributed by atoms with Gasteiger partial charge < -0.3 is 10.1 Å². The summed E-state index contributed by atoms with van der Waals surface area (Å²) in [5.41, 5.74) is 1.17. The lowest BCUT2D eigenvalue weighted by molar-refractivity contribution is -0.384. The van der Waals surface area contributed by atoms with Gasteiger partial charge >= 0.3 is 0 Å². The molecule has 1 aliphatic rings. The summed E-state index contributed by atoms with van der Waals surface area (Å²) in [6, 6.07) is 7.27. The van der Waals surface area contributed by atoms with Gasteiger partial charge in [-0.1, -0.05) is 26.0 Å². The molecule has 0 aromatic heterocycles. The number of nitrogens with zero attached hydrogens (tertiary/aromatic N) is 1. The molecule has 0 spiro atoms. The van der Waals surface area contributed by atoms with Gasteiger partial charge in [-0.3, -0.25) is 10.1 Å². The maximum absolute atomic E-state index is 10.9. The molecule has 0 saturated heterocycles. The van der Waals surface area contributed by atoms with Crippen LogP contribution < -0.4 is 5.32 Å². The highest BCUT2D eigenvalue weighted by Crippen LogP contribution is 2.43. The molecule has 21 heavy (non-hydrogen) atoms. The predicted octanol–water partition coefficient (Wildman–Crippen LogP) is 3.45. The first kappa shape index (κ1) is 15.9. The molecule has 1 aromatic rings. The van der Waals surface area contributed by atoms with Crippen LogP contribution in [0.15, 0.2) is 24.3 Å². The van der Waals surface area contributed by atoms with Crippen LogP contribution in [0.3, 0.4) is 0 Å². The molecule has 1 aromatic carbocycles. The monoisotopic (exact) mass is 292 g/mol. The van der Waals surface area contributed by atoms with Gasteiger partial charge in [-0.2, -0.15) is 0 Å². The molecule has 0 aliphatic heterocycles. The van der Waals surface area contributed by atoms with Gasteiger partial charge in [0.15, 0.2) is 0 Å². The Morgan fingerprint density at radius 3 is 2.81 bits per heavy atom. The molecule has 1 saturated carbocycles. The SMILES string of the molecule is CCOC1CC(NC(C)c2cccc([N+](=O)[O-])c2)C1(C)C. The van der Waals surface area contributed by atoms with Crippen molar-refractivity contribution in [1.29, 1.82) is 0 Å². The van der Waals surface area contributed by atoms with Gasteiger partial charge in [0.05, 0.1) is 11.0 Å². The van der Waals surface area contributed by atoms with Crippen molar-refractivity contribution in [2.45, 2.75) is 52.3 Å². The van der Waals surface area contributed by atoms with E-state index in [2.05, 4.69) is 19.2 Å². The third-order valence-corrected chi connectivity index (χ3v) is 4.58. The maximum atomic E-state index is 10.9. The Morgan fingerprint density at radius 1 is 1.52 bits per heavy atom. The third-order valence-electron chi connectivity index (χ3n) is 4.58. The lowest BCUT2D eigenvalue weighted by atomic mass is 9.64.